The molecular formula is C14H25ClN2O. The molecule has 0 fully saturated rings. The summed E-state index contributed by atoms with van der Waals surface area (Å²) in [5.41, 5.74) is 1.88. The summed E-state index contributed by atoms with van der Waals surface area (Å²) in [4.78, 5) is 0. The highest BCUT2D eigenvalue weighted by Gasteiger charge is 2.16. The van der Waals surface area contributed by atoms with E-state index in [1.54, 1.807) is 4.68 Å². The van der Waals surface area contributed by atoms with E-state index in [4.69, 9.17) is 11.6 Å². The van der Waals surface area contributed by atoms with E-state index in [-0.39, 0.29) is 6.10 Å². The Morgan fingerprint density at radius 3 is 2.56 bits per heavy atom. The normalized spacial score (nSPS) is 12.9. The van der Waals surface area contributed by atoms with Crippen LogP contribution < -0.4 is 0 Å². The van der Waals surface area contributed by atoms with Crippen LogP contribution in [0, 0.1) is 0 Å². The Hall–Kier alpha value is -0.540. The van der Waals surface area contributed by atoms with Crippen molar-refractivity contribution in [2.75, 3.05) is 0 Å². The Morgan fingerprint density at radius 2 is 2.00 bits per heavy atom. The van der Waals surface area contributed by atoms with E-state index in [0.29, 0.717) is 6.42 Å². The smallest absolute Gasteiger partial charge is 0.0850 e. The van der Waals surface area contributed by atoms with Gasteiger partial charge in [-0.25, -0.2) is 0 Å². The maximum atomic E-state index is 10.0. The van der Waals surface area contributed by atoms with Crippen molar-refractivity contribution in [1.29, 1.82) is 0 Å². The number of aliphatic hydroxyl groups is 1. The molecule has 0 aliphatic heterocycles. The number of rotatable bonds is 8. The molecule has 0 radical (unpaired) electrons. The van der Waals surface area contributed by atoms with Crippen LogP contribution in [0.4, 0.5) is 0 Å². The molecule has 0 saturated carbocycles. The molecule has 18 heavy (non-hydrogen) atoms. The van der Waals surface area contributed by atoms with Gasteiger partial charge in [0.05, 0.1) is 22.5 Å². The van der Waals surface area contributed by atoms with Gasteiger partial charge in [-0.2, -0.15) is 5.10 Å². The quantitative estimate of drug-likeness (QED) is 0.736. The fourth-order valence-corrected chi connectivity index (χ4v) is 2.54. The van der Waals surface area contributed by atoms with Gasteiger partial charge in [-0.3, -0.25) is 4.68 Å². The summed E-state index contributed by atoms with van der Waals surface area (Å²) in [6.07, 6.45) is 6.75. The summed E-state index contributed by atoms with van der Waals surface area (Å²) in [6, 6.07) is 0. The summed E-state index contributed by atoms with van der Waals surface area (Å²) < 4.78 is 1.80. The third-order valence-corrected chi connectivity index (χ3v) is 3.76. The Kier molecular flexibility index (Phi) is 6.72. The molecule has 0 saturated heterocycles. The molecule has 104 valence electrons. The van der Waals surface area contributed by atoms with Crippen molar-refractivity contribution in [3.63, 3.8) is 0 Å². The molecule has 1 aromatic heterocycles. The van der Waals surface area contributed by atoms with Crippen LogP contribution in [0.3, 0.4) is 0 Å². The molecule has 0 amide bonds. The van der Waals surface area contributed by atoms with Crippen molar-refractivity contribution in [1.82, 2.24) is 9.78 Å². The molecule has 1 N–H and O–H groups in total. The molecule has 1 heterocycles. The van der Waals surface area contributed by atoms with Crippen LogP contribution in [0.25, 0.3) is 0 Å². The minimum absolute atomic E-state index is 0.306. The van der Waals surface area contributed by atoms with Gasteiger partial charge in [-0.1, -0.05) is 51.1 Å². The fraction of sp³-hybridized carbons (Fsp3) is 0.786. The number of hydrogen-bond donors (Lipinski definition) is 1. The zero-order chi connectivity index (χ0) is 13.5. The first-order chi connectivity index (χ1) is 8.60. The van der Waals surface area contributed by atoms with E-state index < -0.39 is 0 Å². The highest BCUT2D eigenvalue weighted by atomic mass is 35.5. The molecule has 0 aliphatic carbocycles. The molecule has 0 bridgehead atoms. The number of aliphatic hydroxyl groups excluding tert-OH is 1. The van der Waals surface area contributed by atoms with Gasteiger partial charge in [0.2, 0.25) is 0 Å². The van der Waals surface area contributed by atoms with Gasteiger partial charge in [-0.15, -0.1) is 0 Å². The molecule has 0 spiro atoms. The van der Waals surface area contributed by atoms with E-state index in [1.165, 1.54) is 19.3 Å². The Bertz CT molecular complexity index is 363. The lowest BCUT2D eigenvalue weighted by molar-refractivity contribution is 0.158. The molecule has 1 unspecified atom stereocenters. The molecule has 1 aromatic rings. The second-order valence-corrected chi connectivity index (χ2v) is 5.27. The minimum atomic E-state index is -0.306. The Morgan fingerprint density at radius 1 is 1.28 bits per heavy atom. The van der Waals surface area contributed by atoms with Crippen molar-refractivity contribution < 1.29 is 5.11 Å². The number of halogens is 1. The monoisotopic (exact) mass is 272 g/mol. The first-order valence-electron chi connectivity index (χ1n) is 6.98. The van der Waals surface area contributed by atoms with Crippen molar-refractivity contribution in [3.05, 3.63) is 16.4 Å². The van der Waals surface area contributed by atoms with Gasteiger partial charge in [0.25, 0.3) is 0 Å². The SMILES string of the molecule is CCCCCCC(O)Cc1c(Cl)c(CC)nn1C. The van der Waals surface area contributed by atoms with Gasteiger partial charge >= 0.3 is 0 Å². The van der Waals surface area contributed by atoms with Crippen molar-refractivity contribution in [2.24, 2.45) is 7.05 Å². The van der Waals surface area contributed by atoms with Gasteiger partial charge in [0, 0.05) is 13.5 Å². The summed E-state index contributed by atoms with van der Waals surface area (Å²) >= 11 is 6.26. The summed E-state index contributed by atoms with van der Waals surface area (Å²) in [5.74, 6) is 0. The van der Waals surface area contributed by atoms with Crippen LogP contribution in [0.5, 0.6) is 0 Å². The maximum Gasteiger partial charge on any atom is 0.0850 e. The first-order valence-corrected chi connectivity index (χ1v) is 7.36. The molecule has 1 atom stereocenters. The molecule has 4 heteroatoms. The van der Waals surface area contributed by atoms with Crippen LogP contribution in [-0.2, 0) is 19.9 Å². The number of hydrogen-bond acceptors (Lipinski definition) is 2. The van der Waals surface area contributed by atoms with Crippen LogP contribution in [0.15, 0.2) is 0 Å². The third kappa shape index (κ3) is 4.29. The number of nitrogens with zero attached hydrogens (tertiary/aromatic N) is 2. The largest absolute Gasteiger partial charge is 0.393 e. The lowest BCUT2D eigenvalue weighted by atomic mass is 10.1. The minimum Gasteiger partial charge on any atom is -0.393 e. The molecule has 0 aromatic carbocycles. The number of aromatic nitrogens is 2. The van der Waals surface area contributed by atoms with Gasteiger partial charge in [-0.05, 0) is 12.8 Å². The second-order valence-electron chi connectivity index (χ2n) is 4.89. The average Bonchev–Trinajstić information content (AvgIpc) is 2.62. The first kappa shape index (κ1) is 15.5. The van der Waals surface area contributed by atoms with Crippen molar-refractivity contribution in [3.8, 4) is 0 Å². The van der Waals surface area contributed by atoms with Crippen LogP contribution in [-0.4, -0.2) is 21.0 Å². The molecule has 0 aliphatic rings. The molecule has 3 nitrogen and oxygen atoms in total. The van der Waals surface area contributed by atoms with Crippen LogP contribution >= 0.6 is 11.6 Å². The van der Waals surface area contributed by atoms with Gasteiger partial charge in [0.1, 0.15) is 0 Å². The highest BCUT2D eigenvalue weighted by Crippen LogP contribution is 2.23. The predicted octanol–water partition coefficient (Wildman–Crippen LogP) is 3.51. The van der Waals surface area contributed by atoms with Crippen LogP contribution in [0.1, 0.15) is 57.3 Å². The van der Waals surface area contributed by atoms with Gasteiger partial charge < -0.3 is 5.11 Å². The average molecular weight is 273 g/mol. The number of unbranched alkanes of at least 4 members (excludes halogenated alkanes) is 3. The van der Waals surface area contributed by atoms with E-state index in [1.807, 2.05) is 14.0 Å². The van der Waals surface area contributed by atoms with E-state index in [0.717, 1.165) is 35.7 Å². The standard InChI is InChI=1S/C14H25ClN2O/c1-4-6-7-8-9-11(18)10-13-14(15)12(5-2)16-17(13)3/h11,18H,4-10H2,1-3H3. The maximum absolute atomic E-state index is 10.0. The second kappa shape index (κ2) is 7.80. The molecular weight excluding hydrogens is 248 g/mol. The summed E-state index contributed by atoms with van der Waals surface area (Å²) in [5, 5.41) is 15.1. The van der Waals surface area contributed by atoms with Gasteiger partial charge in [0.15, 0.2) is 0 Å². The zero-order valence-corrected chi connectivity index (χ0v) is 12.5. The molecule has 1 rings (SSSR count). The third-order valence-electron chi connectivity index (χ3n) is 3.32. The van der Waals surface area contributed by atoms with Crippen LogP contribution in [0.2, 0.25) is 5.02 Å². The van der Waals surface area contributed by atoms with E-state index >= 15 is 0 Å². The van der Waals surface area contributed by atoms with E-state index in [9.17, 15) is 5.11 Å². The summed E-state index contributed by atoms with van der Waals surface area (Å²) in [7, 11) is 1.89. The lowest BCUT2D eigenvalue weighted by Crippen LogP contribution is -2.13. The van der Waals surface area contributed by atoms with Crippen molar-refractivity contribution >= 4 is 11.6 Å². The lowest BCUT2D eigenvalue weighted by Gasteiger charge is -2.11. The summed E-state index contributed by atoms with van der Waals surface area (Å²) in [6.45, 7) is 4.23. The van der Waals surface area contributed by atoms with E-state index in [2.05, 4.69) is 12.0 Å². The fourth-order valence-electron chi connectivity index (χ4n) is 2.17. The van der Waals surface area contributed by atoms with Crippen molar-refractivity contribution in [2.45, 2.75) is 64.9 Å². The number of aryl methyl sites for hydroxylation is 2. The zero-order valence-electron chi connectivity index (χ0n) is 11.7. The Balaban J connectivity index is 2.48. The Labute approximate surface area is 115 Å². The topological polar surface area (TPSA) is 38.1 Å². The predicted molar refractivity (Wildman–Crippen MR) is 76.1 cm³/mol. The highest BCUT2D eigenvalue weighted by molar-refractivity contribution is 6.31.